The number of nitrogens with one attached hydrogen (secondary N) is 1. The van der Waals surface area contributed by atoms with Crippen LogP contribution in [0.4, 0.5) is 5.82 Å². The van der Waals surface area contributed by atoms with Crippen LogP contribution in [0.15, 0.2) is 18.3 Å². The first kappa shape index (κ1) is 11.5. The molecule has 15 heavy (non-hydrogen) atoms. The second-order valence-corrected chi connectivity index (χ2v) is 4.26. The van der Waals surface area contributed by atoms with E-state index in [1.165, 1.54) is 0 Å². The average molecular weight is 208 g/mol. The standard InChI is InChI=1S/C11H16N2O2/c1-11(2,3)10(14)13-9-8(15-4)6-5-7-12-9/h5-7H,1-4H3,(H,12,13,14). The molecule has 0 radical (unpaired) electrons. The van der Waals surface area contributed by atoms with Crippen molar-refractivity contribution in [1.82, 2.24) is 4.98 Å². The maximum Gasteiger partial charge on any atom is 0.231 e. The molecule has 0 atom stereocenters. The molecule has 1 aromatic rings. The summed E-state index contributed by atoms with van der Waals surface area (Å²) in [4.78, 5) is 15.7. The first-order valence-electron chi connectivity index (χ1n) is 4.75. The Morgan fingerprint density at radius 1 is 1.47 bits per heavy atom. The Labute approximate surface area is 89.7 Å². The number of carbonyl (C=O) groups is 1. The van der Waals surface area contributed by atoms with Crippen molar-refractivity contribution < 1.29 is 9.53 Å². The Bertz CT molecular complexity index is 356. The number of rotatable bonds is 2. The third-order valence-electron chi connectivity index (χ3n) is 1.90. The molecule has 1 amide bonds. The molecule has 1 aromatic heterocycles. The molecular weight excluding hydrogens is 192 g/mol. The van der Waals surface area contributed by atoms with Crippen molar-refractivity contribution >= 4 is 11.7 Å². The van der Waals surface area contributed by atoms with E-state index in [2.05, 4.69) is 10.3 Å². The normalized spacial score (nSPS) is 10.9. The van der Waals surface area contributed by atoms with Crippen molar-refractivity contribution in [2.75, 3.05) is 12.4 Å². The van der Waals surface area contributed by atoms with Crippen molar-refractivity contribution in [1.29, 1.82) is 0 Å². The van der Waals surface area contributed by atoms with Crippen LogP contribution in [0.3, 0.4) is 0 Å². The molecule has 1 heterocycles. The molecule has 0 aliphatic rings. The van der Waals surface area contributed by atoms with Gasteiger partial charge >= 0.3 is 0 Å². The van der Waals surface area contributed by atoms with Crippen LogP contribution in [-0.2, 0) is 4.79 Å². The van der Waals surface area contributed by atoms with Gasteiger partial charge in [-0.3, -0.25) is 4.79 Å². The minimum atomic E-state index is -0.442. The molecule has 4 nitrogen and oxygen atoms in total. The van der Waals surface area contributed by atoms with Gasteiger partial charge in [0.05, 0.1) is 7.11 Å². The van der Waals surface area contributed by atoms with Crippen molar-refractivity contribution in [2.45, 2.75) is 20.8 Å². The van der Waals surface area contributed by atoms with Gasteiger partial charge in [-0.1, -0.05) is 20.8 Å². The summed E-state index contributed by atoms with van der Waals surface area (Å²) < 4.78 is 5.08. The van der Waals surface area contributed by atoms with Crippen LogP contribution in [0.2, 0.25) is 0 Å². The summed E-state index contributed by atoms with van der Waals surface area (Å²) >= 11 is 0. The lowest BCUT2D eigenvalue weighted by Gasteiger charge is -2.18. The largest absolute Gasteiger partial charge is 0.493 e. The number of hydrogen-bond donors (Lipinski definition) is 1. The number of methoxy groups -OCH3 is 1. The predicted octanol–water partition coefficient (Wildman–Crippen LogP) is 2.07. The summed E-state index contributed by atoms with van der Waals surface area (Å²) in [6, 6.07) is 3.51. The lowest BCUT2D eigenvalue weighted by atomic mass is 9.96. The number of anilines is 1. The second kappa shape index (κ2) is 4.29. The van der Waals surface area contributed by atoms with E-state index in [9.17, 15) is 4.79 Å². The Morgan fingerprint density at radius 3 is 2.67 bits per heavy atom. The number of nitrogens with zero attached hydrogens (tertiary/aromatic N) is 1. The predicted molar refractivity (Wildman–Crippen MR) is 58.9 cm³/mol. The summed E-state index contributed by atoms with van der Waals surface area (Å²) in [7, 11) is 1.55. The van der Waals surface area contributed by atoms with E-state index >= 15 is 0 Å². The van der Waals surface area contributed by atoms with Crippen molar-refractivity contribution in [2.24, 2.45) is 5.41 Å². The second-order valence-electron chi connectivity index (χ2n) is 4.26. The van der Waals surface area contributed by atoms with E-state index in [0.29, 0.717) is 11.6 Å². The Balaban J connectivity index is 2.85. The fraction of sp³-hybridized carbons (Fsp3) is 0.455. The SMILES string of the molecule is COc1cccnc1NC(=O)C(C)(C)C. The van der Waals surface area contributed by atoms with Crippen molar-refractivity contribution in [3.8, 4) is 5.75 Å². The van der Waals surface area contributed by atoms with E-state index in [-0.39, 0.29) is 5.91 Å². The Kier molecular flexibility index (Phi) is 3.29. The van der Waals surface area contributed by atoms with Gasteiger partial charge in [0.1, 0.15) is 0 Å². The number of amides is 1. The highest BCUT2D eigenvalue weighted by Crippen LogP contribution is 2.23. The van der Waals surface area contributed by atoms with E-state index in [1.54, 1.807) is 25.4 Å². The Morgan fingerprint density at radius 2 is 2.13 bits per heavy atom. The van der Waals surface area contributed by atoms with Gasteiger partial charge in [-0.2, -0.15) is 0 Å². The maximum absolute atomic E-state index is 11.7. The van der Waals surface area contributed by atoms with Crippen LogP contribution >= 0.6 is 0 Å². The van der Waals surface area contributed by atoms with Crippen LogP contribution in [0.5, 0.6) is 5.75 Å². The highest BCUT2D eigenvalue weighted by atomic mass is 16.5. The zero-order valence-corrected chi connectivity index (χ0v) is 9.50. The molecule has 0 saturated heterocycles. The summed E-state index contributed by atoms with van der Waals surface area (Å²) in [5, 5.41) is 2.73. The first-order chi connectivity index (χ1) is 6.95. The average Bonchev–Trinajstić information content (AvgIpc) is 2.17. The lowest BCUT2D eigenvalue weighted by molar-refractivity contribution is -0.123. The molecular formula is C11H16N2O2. The maximum atomic E-state index is 11.7. The highest BCUT2D eigenvalue weighted by Gasteiger charge is 2.22. The fourth-order valence-corrected chi connectivity index (χ4v) is 0.944. The van der Waals surface area contributed by atoms with Gasteiger partial charge in [0, 0.05) is 11.6 Å². The third kappa shape index (κ3) is 2.94. The molecule has 82 valence electrons. The lowest BCUT2D eigenvalue weighted by Crippen LogP contribution is -2.28. The number of pyridine rings is 1. The molecule has 0 aliphatic carbocycles. The van der Waals surface area contributed by atoms with E-state index < -0.39 is 5.41 Å². The smallest absolute Gasteiger partial charge is 0.231 e. The molecule has 4 heteroatoms. The van der Waals surface area contributed by atoms with Gasteiger partial charge in [-0.05, 0) is 12.1 Å². The number of ether oxygens (including phenoxy) is 1. The summed E-state index contributed by atoms with van der Waals surface area (Å²) in [6.45, 7) is 5.53. The third-order valence-corrected chi connectivity index (χ3v) is 1.90. The highest BCUT2D eigenvalue weighted by molar-refractivity contribution is 5.94. The van der Waals surface area contributed by atoms with E-state index in [0.717, 1.165) is 0 Å². The number of carbonyl (C=O) groups excluding carboxylic acids is 1. The number of aromatic nitrogens is 1. The molecule has 0 bridgehead atoms. The zero-order valence-electron chi connectivity index (χ0n) is 9.50. The van der Waals surface area contributed by atoms with Crippen molar-refractivity contribution in [3.63, 3.8) is 0 Å². The van der Waals surface area contributed by atoms with Gasteiger partial charge in [-0.15, -0.1) is 0 Å². The summed E-state index contributed by atoms with van der Waals surface area (Å²) in [6.07, 6.45) is 1.61. The van der Waals surface area contributed by atoms with Gasteiger partial charge in [0.2, 0.25) is 5.91 Å². The molecule has 0 aromatic carbocycles. The molecule has 0 fully saturated rings. The van der Waals surface area contributed by atoms with Gasteiger partial charge in [0.15, 0.2) is 11.6 Å². The fourth-order valence-electron chi connectivity index (χ4n) is 0.944. The molecule has 0 saturated carbocycles. The van der Waals surface area contributed by atoms with Crippen LogP contribution in [0, 0.1) is 5.41 Å². The van der Waals surface area contributed by atoms with E-state index in [4.69, 9.17) is 4.74 Å². The van der Waals surface area contributed by atoms with Crippen LogP contribution in [0.25, 0.3) is 0 Å². The van der Waals surface area contributed by atoms with Crippen molar-refractivity contribution in [3.05, 3.63) is 18.3 Å². The molecule has 0 spiro atoms. The Hall–Kier alpha value is -1.58. The van der Waals surface area contributed by atoms with Crippen LogP contribution in [0.1, 0.15) is 20.8 Å². The van der Waals surface area contributed by atoms with Gasteiger partial charge in [-0.25, -0.2) is 4.98 Å². The van der Waals surface area contributed by atoms with Crippen LogP contribution in [-0.4, -0.2) is 18.0 Å². The quantitative estimate of drug-likeness (QED) is 0.809. The topological polar surface area (TPSA) is 51.2 Å². The van der Waals surface area contributed by atoms with Gasteiger partial charge in [0.25, 0.3) is 0 Å². The van der Waals surface area contributed by atoms with E-state index in [1.807, 2.05) is 20.8 Å². The van der Waals surface area contributed by atoms with Crippen LogP contribution < -0.4 is 10.1 Å². The minimum absolute atomic E-state index is 0.0838. The summed E-state index contributed by atoms with van der Waals surface area (Å²) in [5.41, 5.74) is -0.442. The monoisotopic (exact) mass is 208 g/mol. The molecule has 0 unspecified atom stereocenters. The molecule has 1 N–H and O–H groups in total. The zero-order chi connectivity index (χ0) is 11.5. The number of hydrogen-bond acceptors (Lipinski definition) is 3. The molecule has 1 rings (SSSR count). The minimum Gasteiger partial charge on any atom is -0.493 e. The van der Waals surface area contributed by atoms with Gasteiger partial charge < -0.3 is 10.1 Å². The summed E-state index contributed by atoms with van der Waals surface area (Å²) in [5.74, 6) is 0.939. The first-order valence-corrected chi connectivity index (χ1v) is 4.75. The molecule has 0 aliphatic heterocycles.